The Hall–Kier alpha value is -0.730. The van der Waals surface area contributed by atoms with E-state index in [-0.39, 0.29) is 13.2 Å². The molecule has 7 heteroatoms. The number of nitrogens with two attached hydrogens (primary N) is 1. The van der Waals surface area contributed by atoms with Gasteiger partial charge in [0.05, 0.1) is 30.0 Å². The van der Waals surface area contributed by atoms with Gasteiger partial charge in [-0.05, 0) is 34.1 Å². The van der Waals surface area contributed by atoms with Gasteiger partial charge in [0.2, 0.25) is 0 Å². The van der Waals surface area contributed by atoms with Crippen LogP contribution in [-0.2, 0) is 19.0 Å². The van der Waals surface area contributed by atoms with Crippen LogP contribution in [0.5, 0.6) is 0 Å². The van der Waals surface area contributed by atoms with Crippen LogP contribution < -0.4 is 5.73 Å². The van der Waals surface area contributed by atoms with Crippen molar-refractivity contribution in [3.63, 3.8) is 0 Å². The fourth-order valence-corrected chi connectivity index (χ4v) is 4.01. The predicted molar refractivity (Wildman–Crippen MR) is 89.8 cm³/mol. The third-order valence-corrected chi connectivity index (χ3v) is 6.53. The number of carboxylic acid groups (broad SMARTS) is 1. The molecule has 1 aliphatic rings. The number of carbonyl (C=O) groups is 1. The Morgan fingerprint density at radius 2 is 1.67 bits per heavy atom. The van der Waals surface area contributed by atoms with Crippen molar-refractivity contribution in [2.45, 2.75) is 70.3 Å². The van der Waals surface area contributed by atoms with Gasteiger partial charge in [0, 0.05) is 12.5 Å². The molecule has 0 amide bonds. The van der Waals surface area contributed by atoms with Crippen molar-refractivity contribution >= 4 is 5.97 Å². The second-order valence-electron chi connectivity index (χ2n) is 7.84. The standard InChI is InChI=1S/C17H33NO6/c1-8-13(2)14(3,11-23-9-12(19)20)24-15(4,10-22-7)16(5,18)17(13,6)21/h21H,8-11,18H2,1-7H3,(H,19,20). The number of aliphatic carboxylic acids is 1. The predicted octanol–water partition coefficient (Wildman–Crippen LogP) is 1.17. The fraction of sp³-hybridized carbons (Fsp3) is 0.941. The lowest BCUT2D eigenvalue weighted by Crippen LogP contribution is -2.85. The van der Waals surface area contributed by atoms with E-state index < -0.39 is 40.3 Å². The minimum Gasteiger partial charge on any atom is -0.480 e. The molecule has 0 saturated carbocycles. The summed E-state index contributed by atoms with van der Waals surface area (Å²) in [7, 11) is 1.55. The number of rotatable bonds is 7. The summed E-state index contributed by atoms with van der Waals surface area (Å²) < 4.78 is 17.1. The van der Waals surface area contributed by atoms with Gasteiger partial charge >= 0.3 is 5.97 Å². The van der Waals surface area contributed by atoms with Crippen molar-refractivity contribution < 1.29 is 29.2 Å². The summed E-state index contributed by atoms with van der Waals surface area (Å²) >= 11 is 0. The molecule has 0 radical (unpaired) electrons. The Balaban J connectivity index is 3.38. The van der Waals surface area contributed by atoms with Crippen LogP contribution in [0.1, 0.15) is 48.0 Å². The lowest BCUT2D eigenvalue weighted by molar-refractivity contribution is -0.353. The molecule has 0 aromatic carbocycles. The first kappa shape index (κ1) is 21.3. The summed E-state index contributed by atoms with van der Waals surface area (Å²) in [4.78, 5) is 10.8. The van der Waals surface area contributed by atoms with Crippen LogP contribution in [0.15, 0.2) is 0 Å². The second kappa shape index (κ2) is 6.53. The lowest BCUT2D eigenvalue weighted by atomic mass is 9.50. The zero-order chi connectivity index (χ0) is 19.0. The lowest BCUT2D eigenvalue weighted by Gasteiger charge is -2.68. The van der Waals surface area contributed by atoms with Crippen LogP contribution >= 0.6 is 0 Å². The normalized spacial score (nSPS) is 46.0. The van der Waals surface area contributed by atoms with Crippen molar-refractivity contribution in [1.29, 1.82) is 0 Å². The third-order valence-electron chi connectivity index (χ3n) is 6.53. The number of carboxylic acids is 1. The fourth-order valence-electron chi connectivity index (χ4n) is 4.01. The van der Waals surface area contributed by atoms with Gasteiger partial charge in [-0.25, -0.2) is 4.79 Å². The Kier molecular flexibility index (Phi) is 5.80. The van der Waals surface area contributed by atoms with E-state index in [9.17, 15) is 9.90 Å². The van der Waals surface area contributed by atoms with Crippen molar-refractivity contribution in [2.75, 3.05) is 26.9 Å². The Labute approximate surface area is 144 Å². The number of hydrogen-bond donors (Lipinski definition) is 3. The molecule has 0 spiro atoms. The highest BCUT2D eigenvalue weighted by Crippen LogP contribution is 2.58. The molecule has 7 nitrogen and oxygen atoms in total. The zero-order valence-electron chi connectivity index (χ0n) is 15.9. The van der Waals surface area contributed by atoms with Gasteiger partial charge in [-0.1, -0.05) is 13.8 Å². The van der Waals surface area contributed by atoms with Gasteiger partial charge in [-0.15, -0.1) is 0 Å². The molecule has 1 rings (SSSR count). The summed E-state index contributed by atoms with van der Waals surface area (Å²) in [6, 6.07) is 0. The molecule has 1 heterocycles. The van der Waals surface area contributed by atoms with Crippen LogP contribution in [0.2, 0.25) is 0 Å². The molecule has 5 atom stereocenters. The van der Waals surface area contributed by atoms with E-state index in [0.717, 1.165) is 0 Å². The smallest absolute Gasteiger partial charge is 0.329 e. The highest BCUT2D eigenvalue weighted by molar-refractivity contribution is 5.68. The maximum Gasteiger partial charge on any atom is 0.329 e. The summed E-state index contributed by atoms with van der Waals surface area (Å²) in [5, 5.41) is 20.3. The van der Waals surface area contributed by atoms with Crippen molar-refractivity contribution in [1.82, 2.24) is 0 Å². The monoisotopic (exact) mass is 347 g/mol. The molecule has 24 heavy (non-hydrogen) atoms. The van der Waals surface area contributed by atoms with Gasteiger partial charge in [0.15, 0.2) is 0 Å². The largest absolute Gasteiger partial charge is 0.480 e. The Morgan fingerprint density at radius 1 is 1.12 bits per heavy atom. The zero-order valence-corrected chi connectivity index (χ0v) is 15.9. The second-order valence-corrected chi connectivity index (χ2v) is 7.84. The topological polar surface area (TPSA) is 111 Å². The van der Waals surface area contributed by atoms with Crippen LogP contribution in [0.4, 0.5) is 0 Å². The van der Waals surface area contributed by atoms with E-state index in [1.54, 1.807) is 27.9 Å². The molecule has 1 saturated heterocycles. The first-order valence-electron chi connectivity index (χ1n) is 8.24. The Bertz CT molecular complexity index is 480. The average Bonchev–Trinajstić information content (AvgIpc) is 2.44. The van der Waals surface area contributed by atoms with E-state index in [1.807, 2.05) is 20.8 Å². The first-order chi connectivity index (χ1) is 10.7. The van der Waals surface area contributed by atoms with Crippen LogP contribution in [-0.4, -0.2) is 65.5 Å². The van der Waals surface area contributed by atoms with E-state index in [0.29, 0.717) is 6.42 Å². The minimum absolute atomic E-state index is 0.0230. The summed E-state index contributed by atoms with van der Waals surface area (Å²) in [5.74, 6) is -1.05. The molecular formula is C17H33NO6. The van der Waals surface area contributed by atoms with Gasteiger partial charge in [0.1, 0.15) is 12.2 Å². The maximum atomic E-state index is 11.5. The SMILES string of the molecule is CCC1(C)C(C)(COCC(=O)O)OC(C)(COC)C(C)(N)C1(C)O. The summed E-state index contributed by atoms with van der Waals surface area (Å²) in [6.07, 6.45) is 0.572. The number of methoxy groups -OCH3 is 1. The van der Waals surface area contributed by atoms with Crippen molar-refractivity contribution in [3.05, 3.63) is 0 Å². The van der Waals surface area contributed by atoms with Crippen LogP contribution in [0.25, 0.3) is 0 Å². The number of hydrogen-bond acceptors (Lipinski definition) is 6. The van der Waals surface area contributed by atoms with E-state index >= 15 is 0 Å². The van der Waals surface area contributed by atoms with Gasteiger partial charge in [0.25, 0.3) is 0 Å². The molecular weight excluding hydrogens is 314 g/mol. The molecule has 142 valence electrons. The minimum atomic E-state index is -1.32. The van der Waals surface area contributed by atoms with E-state index in [1.165, 1.54) is 0 Å². The first-order valence-corrected chi connectivity index (χ1v) is 8.24. The molecule has 1 fully saturated rings. The molecule has 1 aliphatic heterocycles. The van der Waals surface area contributed by atoms with Gasteiger partial charge < -0.3 is 30.2 Å². The number of aliphatic hydroxyl groups is 1. The van der Waals surface area contributed by atoms with Gasteiger partial charge in [-0.3, -0.25) is 0 Å². The molecule has 0 bridgehead atoms. The van der Waals surface area contributed by atoms with E-state index in [4.69, 9.17) is 25.1 Å². The molecule has 4 N–H and O–H groups in total. The quantitative estimate of drug-likeness (QED) is 0.634. The molecule has 5 unspecified atom stereocenters. The van der Waals surface area contributed by atoms with E-state index in [2.05, 4.69) is 0 Å². The number of ether oxygens (including phenoxy) is 3. The highest BCUT2D eigenvalue weighted by Gasteiger charge is 2.72. The summed E-state index contributed by atoms with van der Waals surface area (Å²) in [5.41, 5.74) is 1.45. The third kappa shape index (κ3) is 2.86. The van der Waals surface area contributed by atoms with Gasteiger partial charge in [-0.2, -0.15) is 0 Å². The molecule has 0 aromatic heterocycles. The molecule has 0 aliphatic carbocycles. The average molecular weight is 347 g/mol. The van der Waals surface area contributed by atoms with Crippen molar-refractivity contribution in [2.24, 2.45) is 11.1 Å². The molecule has 0 aromatic rings. The Morgan fingerprint density at radius 3 is 2.08 bits per heavy atom. The summed E-state index contributed by atoms with van der Waals surface area (Å²) in [6.45, 7) is 10.7. The van der Waals surface area contributed by atoms with Crippen molar-refractivity contribution in [3.8, 4) is 0 Å². The van der Waals surface area contributed by atoms with Crippen LogP contribution in [0, 0.1) is 5.41 Å². The maximum absolute atomic E-state index is 11.5. The highest BCUT2D eigenvalue weighted by atomic mass is 16.6. The van der Waals surface area contributed by atoms with Crippen LogP contribution in [0.3, 0.4) is 0 Å².